The molecule has 1 fully saturated rings. The van der Waals surface area contributed by atoms with E-state index < -0.39 is 0 Å². The Morgan fingerprint density at radius 3 is 2.46 bits per heavy atom. The summed E-state index contributed by atoms with van der Waals surface area (Å²) in [5.41, 5.74) is 6.10. The molecule has 180 valence electrons. The Bertz CT molecular complexity index is 1240. The van der Waals surface area contributed by atoms with E-state index >= 15 is 0 Å². The molecule has 1 amide bonds. The van der Waals surface area contributed by atoms with Crippen LogP contribution in [0.25, 0.3) is 0 Å². The van der Waals surface area contributed by atoms with E-state index in [1.807, 2.05) is 60.7 Å². The van der Waals surface area contributed by atoms with Crippen LogP contribution in [0.3, 0.4) is 0 Å². The molecule has 0 bridgehead atoms. The number of carbonyl (C=O) groups is 1. The normalized spacial score (nSPS) is 19.2. The highest BCUT2D eigenvalue weighted by molar-refractivity contribution is 6.15. The van der Waals surface area contributed by atoms with Crippen molar-refractivity contribution in [2.45, 2.75) is 24.8 Å². The van der Waals surface area contributed by atoms with Gasteiger partial charge in [-0.05, 0) is 55.4 Å². The number of likely N-dealkylation sites (tertiary alicyclic amines) is 1. The minimum Gasteiger partial charge on any atom is -0.493 e. The molecule has 0 saturated carbocycles. The Labute approximate surface area is 206 Å². The maximum Gasteiger partial charge on any atom is 0.228 e. The van der Waals surface area contributed by atoms with E-state index in [1.54, 1.807) is 14.2 Å². The van der Waals surface area contributed by atoms with Crippen molar-refractivity contribution >= 4 is 17.3 Å². The number of nitrogens with zero attached hydrogens (tertiary/aromatic N) is 2. The maximum atomic E-state index is 12.5. The van der Waals surface area contributed by atoms with Gasteiger partial charge in [-0.15, -0.1) is 0 Å². The fraction of sp³-hybridized carbons (Fsp3) is 0.310. The smallest absolute Gasteiger partial charge is 0.228 e. The number of anilines is 1. The highest BCUT2D eigenvalue weighted by Crippen LogP contribution is 2.42. The summed E-state index contributed by atoms with van der Waals surface area (Å²) in [5, 5.41) is 3.00. The monoisotopic (exact) mass is 469 g/mol. The third kappa shape index (κ3) is 4.80. The first kappa shape index (κ1) is 23.1. The minimum absolute atomic E-state index is 0.0321. The molecular weight excluding hydrogens is 438 g/mol. The number of rotatable bonds is 6. The second-order valence-corrected chi connectivity index (χ2v) is 9.28. The van der Waals surface area contributed by atoms with Gasteiger partial charge < -0.3 is 19.7 Å². The van der Waals surface area contributed by atoms with E-state index in [9.17, 15) is 4.79 Å². The summed E-state index contributed by atoms with van der Waals surface area (Å²) in [6.45, 7) is 2.00. The fourth-order valence-electron chi connectivity index (χ4n) is 5.13. The molecule has 3 aromatic rings. The van der Waals surface area contributed by atoms with Crippen molar-refractivity contribution in [3.8, 4) is 11.5 Å². The van der Waals surface area contributed by atoms with Crippen LogP contribution in [0.1, 0.15) is 34.6 Å². The van der Waals surface area contributed by atoms with Crippen molar-refractivity contribution in [3.63, 3.8) is 0 Å². The van der Waals surface area contributed by atoms with Gasteiger partial charge in [-0.25, -0.2) is 0 Å². The van der Waals surface area contributed by atoms with Crippen molar-refractivity contribution in [1.29, 1.82) is 0 Å². The van der Waals surface area contributed by atoms with Crippen molar-refractivity contribution in [1.82, 2.24) is 4.90 Å². The van der Waals surface area contributed by atoms with Gasteiger partial charge in [0, 0.05) is 29.3 Å². The number of hydrogen-bond acceptors (Lipinski definition) is 5. The van der Waals surface area contributed by atoms with Gasteiger partial charge in [0.05, 0.1) is 32.4 Å². The highest BCUT2D eigenvalue weighted by Gasteiger charge is 2.36. The van der Waals surface area contributed by atoms with Crippen LogP contribution in [0.5, 0.6) is 11.5 Å². The lowest BCUT2D eigenvalue weighted by molar-refractivity contribution is -0.115. The molecule has 0 aliphatic carbocycles. The quantitative estimate of drug-likeness (QED) is 0.577. The van der Waals surface area contributed by atoms with Gasteiger partial charge in [0.2, 0.25) is 5.91 Å². The predicted molar refractivity (Wildman–Crippen MR) is 139 cm³/mol. The van der Waals surface area contributed by atoms with Crippen LogP contribution in [0.2, 0.25) is 0 Å². The first-order valence-corrected chi connectivity index (χ1v) is 12.0. The van der Waals surface area contributed by atoms with Crippen LogP contribution in [-0.2, 0) is 11.2 Å². The molecule has 6 nitrogen and oxygen atoms in total. The van der Waals surface area contributed by atoms with Crippen LogP contribution >= 0.6 is 0 Å². The first-order chi connectivity index (χ1) is 17.1. The molecule has 2 heterocycles. The molecule has 3 aromatic carbocycles. The molecule has 0 radical (unpaired) electrons. The Balaban J connectivity index is 1.43. The molecule has 5 rings (SSSR count). The fourth-order valence-corrected chi connectivity index (χ4v) is 5.13. The molecule has 35 heavy (non-hydrogen) atoms. The summed E-state index contributed by atoms with van der Waals surface area (Å²) < 4.78 is 11.2. The SMILES string of the molecule is COc1cc2c(cc1OC)[C@H]1CN(C)CC[C@H]1N=C2c1ccc(NC(=O)Cc2ccccc2)cc1. The molecule has 1 saturated heterocycles. The molecule has 2 atom stereocenters. The van der Waals surface area contributed by atoms with Crippen LogP contribution < -0.4 is 14.8 Å². The van der Waals surface area contributed by atoms with E-state index in [0.29, 0.717) is 18.1 Å². The lowest BCUT2D eigenvalue weighted by Gasteiger charge is -2.39. The Hall–Kier alpha value is -3.64. The predicted octanol–water partition coefficient (Wildman–Crippen LogP) is 4.52. The van der Waals surface area contributed by atoms with Crippen LogP contribution in [0, 0.1) is 0 Å². The topological polar surface area (TPSA) is 63.2 Å². The first-order valence-electron chi connectivity index (χ1n) is 12.0. The third-order valence-corrected chi connectivity index (χ3v) is 6.93. The Morgan fingerprint density at radius 2 is 1.74 bits per heavy atom. The number of ether oxygens (including phenoxy) is 2. The standard InChI is InChI=1S/C29H31N3O3/c1-32-14-13-25-24(18-32)22-16-26(34-2)27(35-3)17-23(22)29(31-25)20-9-11-21(12-10-20)30-28(33)15-19-7-5-4-6-8-19/h4-12,16-17,24-25H,13-15,18H2,1-3H3,(H,30,33)/t24-,25-/m1/s1. The van der Waals surface area contributed by atoms with Gasteiger partial charge >= 0.3 is 0 Å². The van der Waals surface area contributed by atoms with Gasteiger partial charge in [-0.3, -0.25) is 9.79 Å². The van der Waals surface area contributed by atoms with Crippen LogP contribution in [0.4, 0.5) is 5.69 Å². The average molecular weight is 470 g/mol. The van der Waals surface area contributed by atoms with Gasteiger partial charge in [0.1, 0.15) is 0 Å². The number of fused-ring (bicyclic) bond motifs is 3. The summed E-state index contributed by atoms with van der Waals surface area (Å²) in [4.78, 5) is 20.1. The third-order valence-electron chi connectivity index (χ3n) is 6.93. The number of amides is 1. The van der Waals surface area contributed by atoms with Gasteiger partial charge in [0.25, 0.3) is 0 Å². The number of nitrogens with one attached hydrogen (secondary N) is 1. The molecule has 6 heteroatoms. The van der Waals surface area contributed by atoms with Crippen molar-refractivity contribution in [2.24, 2.45) is 4.99 Å². The number of benzene rings is 3. The zero-order valence-corrected chi connectivity index (χ0v) is 20.5. The van der Waals surface area contributed by atoms with E-state index in [2.05, 4.69) is 23.3 Å². The zero-order valence-electron chi connectivity index (χ0n) is 20.5. The molecule has 2 aliphatic heterocycles. The van der Waals surface area contributed by atoms with E-state index in [4.69, 9.17) is 14.5 Å². The van der Waals surface area contributed by atoms with Crippen LogP contribution in [0.15, 0.2) is 71.7 Å². The Morgan fingerprint density at radius 1 is 1.03 bits per heavy atom. The Kier molecular flexibility index (Phi) is 6.55. The van der Waals surface area contributed by atoms with Crippen molar-refractivity contribution < 1.29 is 14.3 Å². The minimum atomic E-state index is -0.0321. The van der Waals surface area contributed by atoms with E-state index in [-0.39, 0.29) is 11.9 Å². The summed E-state index contributed by atoms with van der Waals surface area (Å²) in [5.74, 6) is 1.74. The second-order valence-electron chi connectivity index (χ2n) is 9.28. The maximum absolute atomic E-state index is 12.5. The van der Waals surface area contributed by atoms with E-state index in [1.165, 1.54) is 5.56 Å². The number of piperidine rings is 1. The zero-order chi connectivity index (χ0) is 24.4. The van der Waals surface area contributed by atoms with Crippen molar-refractivity contribution in [3.05, 3.63) is 89.0 Å². The number of methoxy groups -OCH3 is 2. The van der Waals surface area contributed by atoms with Crippen molar-refractivity contribution in [2.75, 3.05) is 39.7 Å². The second kappa shape index (κ2) is 9.92. The van der Waals surface area contributed by atoms with Crippen LogP contribution in [-0.4, -0.2) is 56.9 Å². The number of carbonyl (C=O) groups excluding carboxylic acids is 1. The van der Waals surface area contributed by atoms with Gasteiger partial charge in [-0.1, -0.05) is 42.5 Å². The lowest BCUT2D eigenvalue weighted by atomic mass is 9.79. The molecule has 0 unspecified atom stereocenters. The number of hydrogen-bond donors (Lipinski definition) is 1. The van der Waals surface area contributed by atoms with E-state index in [0.717, 1.165) is 53.3 Å². The summed E-state index contributed by atoms with van der Waals surface area (Å²) in [7, 11) is 5.51. The van der Waals surface area contributed by atoms with Gasteiger partial charge in [0.15, 0.2) is 11.5 Å². The molecule has 0 aromatic heterocycles. The summed E-state index contributed by atoms with van der Waals surface area (Å²) in [6, 6.07) is 22.1. The summed E-state index contributed by atoms with van der Waals surface area (Å²) in [6.07, 6.45) is 1.37. The molecule has 2 aliphatic rings. The van der Waals surface area contributed by atoms with Gasteiger partial charge in [-0.2, -0.15) is 0 Å². The summed E-state index contributed by atoms with van der Waals surface area (Å²) >= 11 is 0. The molecule has 1 N–H and O–H groups in total. The largest absolute Gasteiger partial charge is 0.493 e. The molecular formula is C29H31N3O3. The molecule has 0 spiro atoms. The highest BCUT2D eigenvalue weighted by atomic mass is 16.5. The number of aliphatic imine (C=N–C) groups is 1. The lowest BCUT2D eigenvalue weighted by Crippen LogP contribution is -2.41. The number of likely N-dealkylation sites (N-methyl/N-ethyl adjacent to an activating group) is 1. The average Bonchev–Trinajstić information content (AvgIpc) is 2.88.